The molecular formula is C17H14BrFN2. The van der Waals surface area contributed by atoms with Crippen molar-refractivity contribution in [1.82, 2.24) is 4.98 Å². The highest BCUT2D eigenvalue weighted by molar-refractivity contribution is 9.10. The molecule has 0 radical (unpaired) electrons. The number of anilines is 1. The van der Waals surface area contributed by atoms with Gasteiger partial charge in [0.25, 0.3) is 0 Å². The van der Waals surface area contributed by atoms with E-state index in [0.29, 0.717) is 11.0 Å². The smallest absolute Gasteiger partial charge is 0.137 e. The van der Waals surface area contributed by atoms with Crippen LogP contribution in [-0.4, -0.2) is 4.98 Å². The number of rotatable bonds is 3. The molecule has 0 fully saturated rings. The van der Waals surface area contributed by atoms with Gasteiger partial charge in [-0.15, -0.1) is 0 Å². The van der Waals surface area contributed by atoms with Gasteiger partial charge in [0.2, 0.25) is 0 Å². The highest BCUT2D eigenvalue weighted by Gasteiger charge is 2.06. The predicted molar refractivity (Wildman–Crippen MR) is 87.9 cm³/mol. The summed E-state index contributed by atoms with van der Waals surface area (Å²) in [4.78, 5) is 4.36. The Morgan fingerprint density at radius 3 is 2.86 bits per heavy atom. The number of aromatic nitrogens is 1. The van der Waals surface area contributed by atoms with Gasteiger partial charge in [-0.3, -0.25) is 4.98 Å². The van der Waals surface area contributed by atoms with Crippen molar-refractivity contribution in [2.24, 2.45) is 0 Å². The van der Waals surface area contributed by atoms with Gasteiger partial charge in [0, 0.05) is 23.8 Å². The number of pyridine rings is 1. The van der Waals surface area contributed by atoms with Gasteiger partial charge in [0.05, 0.1) is 9.99 Å². The fourth-order valence-corrected chi connectivity index (χ4v) is 2.68. The molecule has 0 atom stereocenters. The molecule has 106 valence electrons. The van der Waals surface area contributed by atoms with Gasteiger partial charge < -0.3 is 5.32 Å². The molecule has 3 rings (SSSR count). The zero-order valence-corrected chi connectivity index (χ0v) is 13.1. The van der Waals surface area contributed by atoms with E-state index < -0.39 is 0 Å². The molecule has 3 aromatic rings. The molecule has 1 aromatic heterocycles. The molecule has 4 heteroatoms. The van der Waals surface area contributed by atoms with Crippen LogP contribution in [0.4, 0.5) is 10.1 Å². The van der Waals surface area contributed by atoms with E-state index in [1.54, 1.807) is 6.07 Å². The summed E-state index contributed by atoms with van der Waals surface area (Å²) in [5, 5.41) is 4.50. The van der Waals surface area contributed by atoms with Gasteiger partial charge in [-0.2, -0.15) is 0 Å². The van der Waals surface area contributed by atoms with E-state index in [-0.39, 0.29) is 5.82 Å². The molecule has 0 unspecified atom stereocenters. The Morgan fingerprint density at radius 2 is 2.00 bits per heavy atom. The first-order chi connectivity index (χ1) is 10.1. The van der Waals surface area contributed by atoms with Crippen LogP contribution in [0.15, 0.2) is 53.1 Å². The van der Waals surface area contributed by atoms with Crippen LogP contribution < -0.4 is 5.32 Å². The fraction of sp³-hybridized carbons (Fsp3) is 0.118. The molecule has 0 saturated carbocycles. The molecule has 0 saturated heterocycles. The minimum atomic E-state index is -0.243. The largest absolute Gasteiger partial charge is 0.381 e. The molecule has 2 aromatic carbocycles. The first kappa shape index (κ1) is 14.0. The number of halogens is 2. The van der Waals surface area contributed by atoms with Gasteiger partial charge in [-0.25, -0.2) is 4.39 Å². The van der Waals surface area contributed by atoms with E-state index >= 15 is 0 Å². The van der Waals surface area contributed by atoms with Crippen LogP contribution in [0.25, 0.3) is 10.9 Å². The highest BCUT2D eigenvalue weighted by atomic mass is 79.9. The molecule has 2 nitrogen and oxygen atoms in total. The number of hydrogen-bond donors (Lipinski definition) is 1. The summed E-state index contributed by atoms with van der Waals surface area (Å²) in [6, 6.07) is 13.3. The Balaban J connectivity index is 1.89. The number of fused-ring (bicyclic) bond motifs is 1. The monoisotopic (exact) mass is 344 g/mol. The van der Waals surface area contributed by atoms with E-state index in [4.69, 9.17) is 0 Å². The number of aryl methyl sites for hydroxylation is 1. The predicted octanol–water partition coefficient (Wildman–Crippen LogP) is 5.06. The lowest BCUT2D eigenvalue weighted by Crippen LogP contribution is -2.02. The number of nitrogens with one attached hydrogen (secondary N) is 1. The van der Waals surface area contributed by atoms with Gasteiger partial charge >= 0.3 is 0 Å². The van der Waals surface area contributed by atoms with E-state index in [1.807, 2.05) is 37.4 Å². The third-order valence-corrected chi connectivity index (χ3v) is 4.08. The average Bonchev–Trinajstić information content (AvgIpc) is 2.49. The van der Waals surface area contributed by atoms with E-state index in [0.717, 1.165) is 22.2 Å². The third-order valence-electron chi connectivity index (χ3n) is 3.48. The van der Waals surface area contributed by atoms with Crippen LogP contribution in [0, 0.1) is 12.7 Å². The second kappa shape index (κ2) is 5.82. The van der Waals surface area contributed by atoms with E-state index in [1.165, 1.54) is 11.6 Å². The SMILES string of the molecule is Cc1cc(F)c(Br)cc1NCc1ccnc2ccccc12. The molecular weight excluding hydrogens is 331 g/mol. The second-order valence-corrected chi connectivity index (χ2v) is 5.78. The summed E-state index contributed by atoms with van der Waals surface area (Å²) in [7, 11) is 0. The molecule has 0 aliphatic heterocycles. The number of nitrogens with zero attached hydrogens (tertiary/aromatic N) is 1. The van der Waals surface area contributed by atoms with Crippen molar-refractivity contribution in [2.75, 3.05) is 5.32 Å². The minimum absolute atomic E-state index is 0.243. The van der Waals surface area contributed by atoms with Crippen molar-refractivity contribution in [1.29, 1.82) is 0 Å². The average molecular weight is 345 g/mol. The maximum Gasteiger partial charge on any atom is 0.137 e. The van der Waals surface area contributed by atoms with Gasteiger partial charge in [0.15, 0.2) is 0 Å². The van der Waals surface area contributed by atoms with Crippen LogP contribution in [0.1, 0.15) is 11.1 Å². The Labute approximate surface area is 131 Å². The quantitative estimate of drug-likeness (QED) is 0.718. The van der Waals surface area contributed by atoms with Crippen LogP contribution in [-0.2, 0) is 6.54 Å². The topological polar surface area (TPSA) is 24.9 Å². The lowest BCUT2D eigenvalue weighted by atomic mass is 10.1. The molecule has 1 N–H and O–H groups in total. The molecule has 1 heterocycles. The van der Waals surface area contributed by atoms with Gasteiger partial charge in [-0.1, -0.05) is 18.2 Å². The zero-order chi connectivity index (χ0) is 14.8. The summed E-state index contributed by atoms with van der Waals surface area (Å²) in [6.07, 6.45) is 1.81. The van der Waals surface area contributed by atoms with Gasteiger partial charge in [0.1, 0.15) is 5.82 Å². The highest BCUT2D eigenvalue weighted by Crippen LogP contribution is 2.25. The van der Waals surface area contributed by atoms with Crippen molar-refractivity contribution in [2.45, 2.75) is 13.5 Å². The zero-order valence-electron chi connectivity index (χ0n) is 11.5. The van der Waals surface area contributed by atoms with Crippen LogP contribution in [0.5, 0.6) is 0 Å². The van der Waals surface area contributed by atoms with Crippen LogP contribution >= 0.6 is 15.9 Å². The van der Waals surface area contributed by atoms with Gasteiger partial charge in [-0.05, 0) is 58.2 Å². The summed E-state index contributed by atoms with van der Waals surface area (Å²) in [6.45, 7) is 2.56. The fourth-order valence-electron chi connectivity index (χ4n) is 2.34. The van der Waals surface area contributed by atoms with Crippen molar-refractivity contribution in [3.8, 4) is 0 Å². The van der Waals surface area contributed by atoms with Crippen molar-refractivity contribution in [3.05, 3.63) is 70.1 Å². The summed E-state index contributed by atoms with van der Waals surface area (Å²) in [5.74, 6) is -0.243. The number of hydrogen-bond acceptors (Lipinski definition) is 2. The summed E-state index contributed by atoms with van der Waals surface area (Å²) in [5.41, 5.74) is 3.95. The van der Waals surface area contributed by atoms with Crippen molar-refractivity contribution in [3.63, 3.8) is 0 Å². The molecule has 0 bridgehead atoms. The van der Waals surface area contributed by atoms with Crippen molar-refractivity contribution < 1.29 is 4.39 Å². The van der Waals surface area contributed by atoms with E-state index in [9.17, 15) is 4.39 Å². The van der Waals surface area contributed by atoms with Crippen LogP contribution in [0.2, 0.25) is 0 Å². The Kier molecular flexibility index (Phi) is 3.88. The summed E-state index contributed by atoms with van der Waals surface area (Å²) < 4.78 is 13.9. The lowest BCUT2D eigenvalue weighted by molar-refractivity contribution is 0.620. The first-order valence-electron chi connectivity index (χ1n) is 6.67. The van der Waals surface area contributed by atoms with Crippen molar-refractivity contribution >= 4 is 32.5 Å². The third kappa shape index (κ3) is 2.90. The lowest BCUT2D eigenvalue weighted by Gasteiger charge is -2.12. The first-order valence-corrected chi connectivity index (χ1v) is 7.46. The van der Waals surface area contributed by atoms with Crippen LogP contribution in [0.3, 0.4) is 0 Å². The summed E-state index contributed by atoms with van der Waals surface area (Å²) >= 11 is 3.22. The maximum absolute atomic E-state index is 13.4. The molecule has 0 amide bonds. The Morgan fingerprint density at radius 1 is 1.19 bits per heavy atom. The molecule has 0 spiro atoms. The number of benzene rings is 2. The molecule has 0 aliphatic rings. The normalized spacial score (nSPS) is 10.8. The maximum atomic E-state index is 13.4. The standard InChI is InChI=1S/C17H14BrFN2/c1-11-8-15(19)14(18)9-17(11)21-10-12-6-7-20-16-5-3-2-4-13(12)16/h2-9,21H,10H2,1H3. The Hall–Kier alpha value is -1.94. The van der Waals surface area contributed by atoms with E-state index in [2.05, 4.69) is 32.3 Å². The Bertz CT molecular complexity index is 797. The second-order valence-electron chi connectivity index (χ2n) is 4.92. The molecule has 0 aliphatic carbocycles. The minimum Gasteiger partial charge on any atom is -0.381 e. The number of para-hydroxylation sites is 1. The molecule has 21 heavy (non-hydrogen) atoms.